The van der Waals surface area contributed by atoms with Crippen LogP contribution in [0.3, 0.4) is 0 Å². The van der Waals surface area contributed by atoms with Gasteiger partial charge in [-0.3, -0.25) is 0 Å². The molecule has 4 fully saturated rings. The maximum Gasteiger partial charge on any atom is -0.0221 e. The lowest BCUT2D eigenvalue weighted by atomic mass is 9.49. The van der Waals surface area contributed by atoms with Crippen LogP contribution < -0.4 is 0 Å². The van der Waals surface area contributed by atoms with Crippen molar-refractivity contribution >= 4 is 0 Å². The highest BCUT2D eigenvalue weighted by Crippen LogP contribution is 2.62. The van der Waals surface area contributed by atoms with E-state index in [9.17, 15) is 0 Å². The summed E-state index contributed by atoms with van der Waals surface area (Å²) in [6.45, 7) is 10.4. The second kappa shape index (κ2) is 6.31. The Hall–Kier alpha value is 0. The number of rotatable bonds is 2. The van der Waals surface area contributed by atoms with E-state index >= 15 is 0 Å². The maximum absolute atomic E-state index is 2.69. The predicted octanol–water partition coefficient (Wildman–Crippen LogP) is 7.47. The lowest BCUT2D eigenvalue weighted by Gasteiger charge is -2.56. The summed E-state index contributed by atoms with van der Waals surface area (Å²) in [5.41, 5.74) is 1.10. The zero-order valence-electron chi connectivity index (χ0n) is 16.9. The molecule has 0 amide bonds. The normalized spacial score (nSPS) is 43.2. The molecule has 0 saturated heterocycles. The first kappa shape index (κ1) is 17.4. The van der Waals surface area contributed by atoms with Gasteiger partial charge in [-0.05, 0) is 84.9 Å². The van der Waals surface area contributed by atoms with Crippen molar-refractivity contribution in [1.82, 2.24) is 0 Å². The van der Waals surface area contributed by atoms with Gasteiger partial charge in [0.15, 0.2) is 0 Å². The smallest absolute Gasteiger partial charge is 0.0221 e. The average molecular weight is 331 g/mol. The largest absolute Gasteiger partial charge is 0.0617 e. The van der Waals surface area contributed by atoms with Gasteiger partial charge < -0.3 is 0 Å². The van der Waals surface area contributed by atoms with Gasteiger partial charge in [0.2, 0.25) is 0 Å². The summed E-state index contributed by atoms with van der Waals surface area (Å²) < 4.78 is 0. The van der Waals surface area contributed by atoms with E-state index in [1.54, 1.807) is 44.9 Å². The summed E-state index contributed by atoms with van der Waals surface area (Å²) in [7, 11) is 0. The lowest BCUT2D eigenvalue weighted by Crippen LogP contribution is -2.48. The van der Waals surface area contributed by atoms with Gasteiger partial charge >= 0.3 is 0 Å². The molecular weight excluding hydrogens is 288 g/mol. The van der Waals surface area contributed by atoms with Crippen LogP contribution in [0.15, 0.2) is 0 Å². The first-order valence-electron chi connectivity index (χ1n) is 11.4. The fourth-order valence-corrected chi connectivity index (χ4v) is 8.49. The summed E-state index contributed by atoms with van der Waals surface area (Å²) in [6, 6.07) is 0. The standard InChI is InChI=1S/C24H42/c1-17(24(23(2,3)4)13-6-5-7-14-24)21-15-19-10-8-9-18-11-12-20(16-21)22(18)19/h17-22H,5-16H2,1-4H3. The van der Waals surface area contributed by atoms with E-state index in [-0.39, 0.29) is 0 Å². The summed E-state index contributed by atoms with van der Waals surface area (Å²) in [5.74, 6) is 6.49. The van der Waals surface area contributed by atoms with E-state index in [1.165, 1.54) is 32.1 Å². The van der Waals surface area contributed by atoms with E-state index in [0.717, 1.165) is 35.5 Å². The van der Waals surface area contributed by atoms with Crippen LogP contribution >= 0.6 is 0 Å². The van der Waals surface area contributed by atoms with Gasteiger partial charge in [-0.1, -0.05) is 66.2 Å². The van der Waals surface area contributed by atoms with Crippen LogP contribution in [0.1, 0.15) is 105 Å². The van der Waals surface area contributed by atoms with Crippen molar-refractivity contribution in [2.45, 2.75) is 105 Å². The Morgan fingerprint density at radius 2 is 1.33 bits per heavy atom. The van der Waals surface area contributed by atoms with Crippen LogP contribution in [0.5, 0.6) is 0 Å². The van der Waals surface area contributed by atoms with Crippen molar-refractivity contribution in [3.8, 4) is 0 Å². The third-order valence-corrected chi connectivity index (χ3v) is 9.72. The molecule has 0 spiro atoms. The predicted molar refractivity (Wildman–Crippen MR) is 104 cm³/mol. The third-order valence-electron chi connectivity index (χ3n) is 9.72. The minimum absolute atomic E-state index is 0.481. The van der Waals surface area contributed by atoms with Crippen molar-refractivity contribution in [2.75, 3.05) is 0 Å². The van der Waals surface area contributed by atoms with Gasteiger partial charge in [0.05, 0.1) is 0 Å². The summed E-state index contributed by atoms with van der Waals surface area (Å²) >= 11 is 0. The fraction of sp³-hybridized carbons (Fsp3) is 1.00. The van der Waals surface area contributed by atoms with E-state index in [2.05, 4.69) is 27.7 Å². The van der Waals surface area contributed by atoms with Crippen molar-refractivity contribution in [3.05, 3.63) is 0 Å². The Labute approximate surface area is 151 Å². The Balaban J connectivity index is 1.56. The molecule has 24 heavy (non-hydrogen) atoms. The van der Waals surface area contributed by atoms with Crippen LogP contribution in [0.4, 0.5) is 0 Å². The zero-order valence-corrected chi connectivity index (χ0v) is 16.9. The van der Waals surface area contributed by atoms with Crippen molar-refractivity contribution in [3.63, 3.8) is 0 Å². The third kappa shape index (κ3) is 2.69. The molecular formula is C24H42. The van der Waals surface area contributed by atoms with Crippen LogP contribution in [0.25, 0.3) is 0 Å². The van der Waals surface area contributed by atoms with Crippen molar-refractivity contribution < 1.29 is 0 Å². The van der Waals surface area contributed by atoms with Gasteiger partial charge in [-0.25, -0.2) is 0 Å². The van der Waals surface area contributed by atoms with E-state index < -0.39 is 0 Å². The topological polar surface area (TPSA) is 0 Å². The summed E-state index contributed by atoms with van der Waals surface area (Å²) in [6.07, 6.45) is 18.5. The maximum atomic E-state index is 2.69. The van der Waals surface area contributed by atoms with Crippen LogP contribution in [0.2, 0.25) is 0 Å². The number of hydrogen-bond donors (Lipinski definition) is 0. The van der Waals surface area contributed by atoms with Crippen molar-refractivity contribution in [2.24, 2.45) is 46.3 Å². The van der Waals surface area contributed by atoms with Crippen LogP contribution in [-0.4, -0.2) is 0 Å². The molecule has 138 valence electrons. The molecule has 0 bridgehead atoms. The van der Waals surface area contributed by atoms with Crippen LogP contribution in [0, 0.1) is 46.3 Å². The van der Waals surface area contributed by atoms with E-state index in [1.807, 2.05) is 0 Å². The average Bonchev–Trinajstić information content (AvgIpc) is 2.99. The molecule has 0 aromatic rings. The van der Waals surface area contributed by atoms with Crippen molar-refractivity contribution in [1.29, 1.82) is 0 Å². The molecule has 6 unspecified atom stereocenters. The molecule has 4 aliphatic rings. The second-order valence-corrected chi connectivity index (χ2v) is 11.4. The van der Waals surface area contributed by atoms with E-state index in [0.29, 0.717) is 10.8 Å². The molecule has 0 aliphatic heterocycles. The highest BCUT2D eigenvalue weighted by molar-refractivity contribution is 5.02. The second-order valence-electron chi connectivity index (χ2n) is 11.4. The molecule has 0 radical (unpaired) electrons. The lowest BCUT2D eigenvalue weighted by molar-refractivity contribution is -0.0681. The quantitative estimate of drug-likeness (QED) is 0.492. The summed E-state index contributed by atoms with van der Waals surface area (Å²) in [5, 5.41) is 0. The molecule has 0 N–H and O–H groups in total. The van der Waals surface area contributed by atoms with Gasteiger partial charge in [-0.2, -0.15) is 0 Å². The molecule has 0 heteroatoms. The van der Waals surface area contributed by atoms with Gasteiger partial charge in [0, 0.05) is 0 Å². The monoisotopic (exact) mass is 330 g/mol. The highest BCUT2D eigenvalue weighted by Gasteiger charge is 2.53. The molecule has 0 heterocycles. The SMILES string of the molecule is CC(C1CC2CCCC3CCC(C1)C32)C1(C(C)(C)C)CCCCC1. The molecule has 4 saturated carbocycles. The van der Waals surface area contributed by atoms with E-state index in [4.69, 9.17) is 0 Å². The minimum Gasteiger partial charge on any atom is -0.0617 e. The zero-order chi connectivity index (χ0) is 16.9. The summed E-state index contributed by atoms with van der Waals surface area (Å²) in [4.78, 5) is 0. The fourth-order valence-electron chi connectivity index (χ4n) is 8.49. The molecule has 0 nitrogen and oxygen atoms in total. The highest BCUT2D eigenvalue weighted by atomic mass is 14.6. The Morgan fingerprint density at radius 3 is 2.00 bits per heavy atom. The molecule has 4 aliphatic carbocycles. The van der Waals surface area contributed by atoms with Gasteiger partial charge in [-0.15, -0.1) is 0 Å². The number of hydrogen-bond acceptors (Lipinski definition) is 0. The van der Waals surface area contributed by atoms with Gasteiger partial charge in [0.1, 0.15) is 0 Å². The Bertz CT molecular complexity index is 435. The van der Waals surface area contributed by atoms with Crippen LogP contribution in [-0.2, 0) is 0 Å². The first-order chi connectivity index (χ1) is 11.4. The minimum atomic E-state index is 0.481. The Morgan fingerprint density at radius 1 is 0.750 bits per heavy atom. The molecule has 6 atom stereocenters. The first-order valence-corrected chi connectivity index (χ1v) is 11.4. The Kier molecular flexibility index (Phi) is 4.58. The molecule has 4 rings (SSSR count). The van der Waals surface area contributed by atoms with Gasteiger partial charge in [0.25, 0.3) is 0 Å². The molecule has 0 aromatic carbocycles. The molecule has 0 aromatic heterocycles.